The highest BCUT2D eigenvalue weighted by Gasteiger charge is 2.51. The first kappa shape index (κ1) is 14.3. The Morgan fingerprint density at radius 1 is 1.10 bits per heavy atom. The number of rotatable bonds is 3. The molecule has 0 aliphatic heterocycles. The third-order valence-corrected chi connectivity index (χ3v) is 5.46. The van der Waals surface area contributed by atoms with Crippen LogP contribution in [0.2, 0.25) is 0 Å². The molecule has 2 aromatic rings. The molecule has 1 saturated carbocycles. The predicted octanol–water partition coefficient (Wildman–Crippen LogP) is 4.74. The first-order valence-electron chi connectivity index (χ1n) is 7.17. The van der Waals surface area contributed by atoms with E-state index in [-0.39, 0.29) is 11.3 Å². The van der Waals surface area contributed by atoms with E-state index in [2.05, 4.69) is 21.2 Å². The van der Waals surface area contributed by atoms with Crippen LogP contribution in [-0.2, 0) is 10.2 Å². The zero-order valence-electron chi connectivity index (χ0n) is 12.2. The maximum Gasteiger partial charge on any atom is 0.235 e. The van der Waals surface area contributed by atoms with Crippen LogP contribution < -0.4 is 5.32 Å². The maximum atomic E-state index is 12.7. The van der Waals surface area contributed by atoms with Crippen molar-refractivity contribution in [2.75, 3.05) is 5.32 Å². The summed E-state index contributed by atoms with van der Waals surface area (Å²) in [6.45, 7) is 4.08. The van der Waals surface area contributed by atoms with Gasteiger partial charge < -0.3 is 5.32 Å². The summed E-state index contributed by atoms with van der Waals surface area (Å²) in [5.41, 5.74) is 3.94. The summed E-state index contributed by atoms with van der Waals surface area (Å²) in [6, 6.07) is 14.1. The molecule has 1 N–H and O–H groups in total. The Hall–Kier alpha value is -1.61. The molecule has 0 unspecified atom stereocenters. The number of carbonyl (C=O) groups is 1. The topological polar surface area (TPSA) is 29.1 Å². The minimum atomic E-state index is -0.323. The van der Waals surface area contributed by atoms with E-state index in [1.54, 1.807) is 0 Å². The fraction of sp³-hybridized carbons (Fsp3) is 0.278. The van der Waals surface area contributed by atoms with Crippen molar-refractivity contribution in [3.05, 3.63) is 63.6 Å². The van der Waals surface area contributed by atoms with Crippen LogP contribution in [0.1, 0.15) is 29.5 Å². The number of carbonyl (C=O) groups excluding carboxylic acids is 1. The van der Waals surface area contributed by atoms with E-state index in [9.17, 15) is 4.79 Å². The van der Waals surface area contributed by atoms with Crippen molar-refractivity contribution in [3.63, 3.8) is 0 Å². The molecule has 0 spiro atoms. The van der Waals surface area contributed by atoms with E-state index in [0.29, 0.717) is 0 Å². The van der Waals surface area contributed by atoms with Gasteiger partial charge in [0.2, 0.25) is 5.91 Å². The lowest BCUT2D eigenvalue weighted by Gasteiger charge is -2.17. The molecule has 0 heterocycles. The summed E-state index contributed by atoms with van der Waals surface area (Å²) in [5.74, 6) is 0.106. The SMILES string of the molecule is Cc1cc(NC(=O)C2(c3ccccc3)CC2)cc(C)c1Br. The van der Waals surface area contributed by atoms with Gasteiger partial charge in [0.1, 0.15) is 0 Å². The first-order valence-corrected chi connectivity index (χ1v) is 7.96. The Bertz CT molecular complexity index is 667. The van der Waals surface area contributed by atoms with Crippen LogP contribution in [-0.4, -0.2) is 5.91 Å². The van der Waals surface area contributed by atoms with Crippen LogP contribution in [0.25, 0.3) is 0 Å². The van der Waals surface area contributed by atoms with Gasteiger partial charge in [-0.1, -0.05) is 46.3 Å². The second kappa shape index (κ2) is 5.30. The smallest absolute Gasteiger partial charge is 0.235 e. The lowest BCUT2D eigenvalue weighted by Crippen LogP contribution is -2.27. The largest absolute Gasteiger partial charge is 0.325 e. The second-order valence-electron chi connectivity index (χ2n) is 5.83. The highest BCUT2D eigenvalue weighted by molar-refractivity contribution is 9.10. The zero-order valence-corrected chi connectivity index (χ0v) is 13.8. The van der Waals surface area contributed by atoms with Crippen LogP contribution in [0, 0.1) is 13.8 Å². The molecular formula is C18H18BrNO. The fourth-order valence-electron chi connectivity index (χ4n) is 2.80. The number of aryl methyl sites for hydroxylation is 2. The molecule has 3 heteroatoms. The van der Waals surface area contributed by atoms with Gasteiger partial charge in [0.25, 0.3) is 0 Å². The van der Waals surface area contributed by atoms with Gasteiger partial charge in [0, 0.05) is 10.2 Å². The van der Waals surface area contributed by atoms with Gasteiger partial charge in [-0.25, -0.2) is 0 Å². The van der Waals surface area contributed by atoms with E-state index in [0.717, 1.165) is 39.7 Å². The highest BCUT2D eigenvalue weighted by Crippen LogP contribution is 2.49. The molecule has 0 saturated heterocycles. The summed E-state index contributed by atoms with van der Waals surface area (Å²) in [5, 5.41) is 3.09. The third kappa shape index (κ3) is 2.62. The minimum absolute atomic E-state index is 0.106. The van der Waals surface area contributed by atoms with Crippen molar-refractivity contribution in [2.24, 2.45) is 0 Å². The Morgan fingerprint density at radius 2 is 1.67 bits per heavy atom. The molecule has 0 bridgehead atoms. The van der Waals surface area contributed by atoms with Crippen LogP contribution in [0.3, 0.4) is 0 Å². The Morgan fingerprint density at radius 3 is 2.19 bits per heavy atom. The van der Waals surface area contributed by atoms with Crippen molar-refractivity contribution >= 4 is 27.5 Å². The van der Waals surface area contributed by atoms with Gasteiger partial charge in [-0.2, -0.15) is 0 Å². The Labute approximate surface area is 133 Å². The van der Waals surface area contributed by atoms with E-state index in [1.807, 2.05) is 56.3 Å². The van der Waals surface area contributed by atoms with Crippen LogP contribution in [0.5, 0.6) is 0 Å². The third-order valence-electron chi connectivity index (χ3n) is 4.21. The van der Waals surface area contributed by atoms with Gasteiger partial charge in [-0.3, -0.25) is 4.79 Å². The molecule has 0 atom stereocenters. The molecule has 1 amide bonds. The molecule has 2 nitrogen and oxygen atoms in total. The summed E-state index contributed by atoms with van der Waals surface area (Å²) < 4.78 is 1.10. The predicted molar refractivity (Wildman–Crippen MR) is 89.6 cm³/mol. The standard InChI is InChI=1S/C18H18BrNO/c1-12-10-15(11-13(2)16(12)19)20-17(21)18(8-9-18)14-6-4-3-5-7-14/h3-7,10-11H,8-9H2,1-2H3,(H,20,21). The summed E-state index contributed by atoms with van der Waals surface area (Å²) in [6.07, 6.45) is 1.86. The maximum absolute atomic E-state index is 12.7. The number of nitrogens with one attached hydrogen (secondary N) is 1. The second-order valence-corrected chi connectivity index (χ2v) is 6.62. The number of anilines is 1. The quantitative estimate of drug-likeness (QED) is 0.856. The average molecular weight is 344 g/mol. The highest BCUT2D eigenvalue weighted by atomic mass is 79.9. The van der Waals surface area contributed by atoms with Gasteiger partial charge in [-0.05, 0) is 55.5 Å². The van der Waals surface area contributed by atoms with Crippen molar-refractivity contribution in [1.82, 2.24) is 0 Å². The average Bonchev–Trinajstić information content (AvgIpc) is 3.27. The van der Waals surface area contributed by atoms with Crippen LogP contribution >= 0.6 is 15.9 Å². The lowest BCUT2D eigenvalue weighted by atomic mass is 9.95. The Balaban J connectivity index is 1.85. The van der Waals surface area contributed by atoms with Crippen molar-refractivity contribution < 1.29 is 4.79 Å². The molecule has 1 aliphatic rings. The monoisotopic (exact) mass is 343 g/mol. The van der Waals surface area contributed by atoms with Gasteiger partial charge in [-0.15, -0.1) is 0 Å². The summed E-state index contributed by atoms with van der Waals surface area (Å²) in [4.78, 5) is 12.7. The molecule has 2 aromatic carbocycles. The van der Waals surface area contributed by atoms with Crippen molar-refractivity contribution in [3.8, 4) is 0 Å². The number of benzene rings is 2. The number of amides is 1. The fourth-order valence-corrected chi connectivity index (χ4v) is 3.03. The van der Waals surface area contributed by atoms with Gasteiger partial charge in [0.05, 0.1) is 5.41 Å². The normalized spacial score (nSPS) is 15.6. The zero-order chi connectivity index (χ0) is 15.0. The van der Waals surface area contributed by atoms with Crippen molar-refractivity contribution in [1.29, 1.82) is 0 Å². The van der Waals surface area contributed by atoms with Crippen LogP contribution in [0.4, 0.5) is 5.69 Å². The molecule has 108 valence electrons. The lowest BCUT2D eigenvalue weighted by molar-refractivity contribution is -0.118. The summed E-state index contributed by atoms with van der Waals surface area (Å²) >= 11 is 3.56. The van der Waals surface area contributed by atoms with Gasteiger partial charge in [0.15, 0.2) is 0 Å². The van der Waals surface area contributed by atoms with E-state index in [4.69, 9.17) is 0 Å². The Kier molecular flexibility index (Phi) is 3.62. The first-order chi connectivity index (χ1) is 10.0. The number of hydrogen-bond acceptors (Lipinski definition) is 1. The molecule has 0 radical (unpaired) electrons. The minimum Gasteiger partial charge on any atom is -0.325 e. The van der Waals surface area contributed by atoms with Gasteiger partial charge >= 0.3 is 0 Å². The van der Waals surface area contributed by atoms with E-state index in [1.165, 1.54) is 0 Å². The van der Waals surface area contributed by atoms with E-state index < -0.39 is 0 Å². The molecule has 1 aliphatic carbocycles. The summed E-state index contributed by atoms with van der Waals surface area (Å²) in [7, 11) is 0. The molecule has 1 fully saturated rings. The molecule has 0 aromatic heterocycles. The number of hydrogen-bond donors (Lipinski definition) is 1. The molecule has 3 rings (SSSR count). The molecule has 21 heavy (non-hydrogen) atoms. The number of halogens is 1. The van der Waals surface area contributed by atoms with E-state index >= 15 is 0 Å². The van der Waals surface area contributed by atoms with Crippen LogP contribution in [0.15, 0.2) is 46.9 Å². The van der Waals surface area contributed by atoms with Crippen molar-refractivity contribution in [2.45, 2.75) is 32.1 Å². The molecular weight excluding hydrogens is 326 g/mol.